The number of carboxylic acids is 1. The van der Waals surface area contributed by atoms with Crippen molar-refractivity contribution in [2.75, 3.05) is 6.61 Å². The van der Waals surface area contributed by atoms with Gasteiger partial charge in [0.2, 0.25) is 0 Å². The maximum atomic E-state index is 11.3. The average Bonchev–Trinajstić information content (AvgIpc) is 2.34. The van der Waals surface area contributed by atoms with Gasteiger partial charge in [-0.1, -0.05) is 0 Å². The molecule has 0 atom stereocenters. The van der Waals surface area contributed by atoms with Crippen molar-refractivity contribution in [2.24, 2.45) is 0 Å². The van der Waals surface area contributed by atoms with Crippen molar-refractivity contribution < 1.29 is 29.1 Å². The van der Waals surface area contributed by atoms with Crippen LogP contribution in [-0.2, 0) is 9.53 Å². The molecule has 0 radical (unpaired) electrons. The molecule has 0 spiro atoms. The molecule has 0 saturated heterocycles. The summed E-state index contributed by atoms with van der Waals surface area (Å²) in [5.74, 6) is -2.25. The standard InChI is InChI=1S/C12H13NO7/c1-7(2)20-11(14)6-19-10-5-8(12(15)16)3-4-9(10)13(17)18/h3-5,7H,6H2,1-2H3,(H,15,16). The summed E-state index contributed by atoms with van der Waals surface area (Å²) >= 11 is 0. The van der Waals surface area contributed by atoms with Gasteiger partial charge < -0.3 is 14.6 Å². The van der Waals surface area contributed by atoms with E-state index < -0.39 is 29.2 Å². The van der Waals surface area contributed by atoms with Crippen molar-refractivity contribution in [3.8, 4) is 5.75 Å². The number of rotatable bonds is 6. The van der Waals surface area contributed by atoms with Crippen LogP contribution in [0.1, 0.15) is 24.2 Å². The number of aromatic carboxylic acids is 1. The highest BCUT2D eigenvalue weighted by Crippen LogP contribution is 2.28. The number of carboxylic acid groups (broad SMARTS) is 1. The summed E-state index contributed by atoms with van der Waals surface area (Å²) in [5.41, 5.74) is -0.602. The zero-order chi connectivity index (χ0) is 15.3. The molecule has 0 saturated carbocycles. The number of nitro benzene ring substituents is 1. The van der Waals surface area contributed by atoms with Gasteiger partial charge in [-0.15, -0.1) is 0 Å². The number of carbonyl (C=O) groups excluding carboxylic acids is 1. The molecular formula is C12H13NO7. The van der Waals surface area contributed by atoms with E-state index in [4.69, 9.17) is 14.6 Å². The first-order valence-corrected chi connectivity index (χ1v) is 5.65. The zero-order valence-corrected chi connectivity index (χ0v) is 10.9. The molecule has 1 N–H and O–H groups in total. The van der Waals surface area contributed by atoms with Crippen LogP contribution in [0.3, 0.4) is 0 Å². The molecule has 0 amide bonds. The summed E-state index contributed by atoms with van der Waals surface area (Å²) in [6.45, 7) is 2.75. The Morgan fingerprint density at radius 1 is 1.40 bits per heavy atom. The van der Waals surface area contributed by atoms with E-state index in [9.17, 15) is 19.7 Å². The third-order valence-corrected chi connectivity index (χ3v) is 2.12. The lowest BCUT2D eigenvalue weighted by molar-refractivity contribution is -0.385. The highest BCUT2D eigenvalue weighted by atomic mass is 16.6. The fraction of sp³-hybridized carbons (Fsp3) is 0.333. The molecular weight excluding hydrogens is 270 g/mol. The van der Waals surface area contributed by atoms with E-state index in [1.54, 1.807) is 13.8 Å². The summed E-state index contributed by atoms with van der Waals surface area (Å²) in [4.78, 5) is 32.2. The number of nitro groups is 1. The first kappa shape index (κ1) is 15.4. The summed E-state index contributed by atoms with van der Waals surface area (Å²) in [7, 11) is 0. The van der Waals surface area contributed by atoms with E-state index in [0.717, 1.165) is 18.2 Å². The molecule has 1 rings (SSSR count). The second-order valence-electron chi connectivity index (χ2n) is 4.07. The van der Waals surface area contributed by atoms with Crippen molar-refractivity contribution in [1.29, 1.82) is 0 Å². The van der Waals surface area contributed by atoms with Crippen molar-refractivity contribution in [2.45, 2.75) is 20.0 Å². The van der Waals surface area contributed by atoms with Crippen molar-refractivity contribution in [3.63, 3.8) is 0 Å². The van der Waals surface area contributed by atoms with E-state index in [-0.39, 0.29) is 17.4 Å². The van der Waals surface area contributed by atoms with E-state index in [0.29, 0.717) is 0 Å². The SMILES string of the molecule is CC(C)OC(=O)COc1cc(C(=O)O)ccc1[N+](=O)[O-]. The molecule has 0 bridgehead atoms. The number of ether oxygens (including phenoxy) is 2. The van der Waals surface area contributed by atoms with E-state index in [1.807, 2.05) is 0 Å². The van der Waals surface area contributed by atoms with Crippen LogP contribution in [0.5, 0.6) is 5.75 Å². The van der Waals surface area contributed by atoms with E-state index in [1.165, 1.54) is 0 Å². The Bertz CT molecular complexity index is 539. The van der Waals surface area contributed by atoms with Crippen LogP contribution < -0.4 is 4.74 Å². The summed E-state index contributed by atoms with van der Waals surface area (Å²) in [6.07, 6.45) is -0.341. The molecule has 1 aromatic rings. The van der Waals surface area contributed by atoms with Gasteiger partial charge in [0.25, 0.3) is 0 Å². The van der Waals surface area contributed by atoms with Crippen LogP contribution in [0.15, 0.2) is 18.2 Å². The first-order chi connectivity index (χ1) is 9.31. The predicted molar refractivity (Wildman–Crippen MR) is 66.8 cm³/mol. The first-order valence-electron chi connectivity index (χ1n) is 5.65. The fourth-order valence-electron chi connectivity index (χ4n) is 1.35. The predicted octanol–water partition coefficient (Wildman–Crippen LogP) is 1.62. The van der Waals surface area contributed by atoms with Crippen LogP contribution >= 0.6 is 0 Å². The summed E-state index contributed by atoms with van der Waals surface area (Å²) in [5, 5.41) is 19.6. The minimum atomic E-state index is -1.26. The molecule has 108 valence electrons. The molecule has 8 heteroatoms. The fourth-order valence-corrected chi connectivity index (χ4v) is 1.35. The van der Waals surface area contributed by atoms with Crippen LogP contribution in [-0.4, -0.2) is 34.7 Å². The van der Waals surface area contributed by atoms with Crippen LogP contribution in [0.4, 0.5) is 5.69 Å². The number of nitrogens with zero attached hydrogens (tertiary/aromatic N) is 1. The third-order valence-electron chi connectivity index (χ3n) is 2.12. The van der Waals surface area contributed by atoms with Crippen LogP contribution in [0, 0.1) is 10.1 Å². The zero-order valence-electron chi connectivity index (χ0n) is 10.9. The lowest BCUT2D eigenvalue weighted by Crippen LogP contribution is -2.19. The molecule has 0 aliphatic carbocycles. The molecule has 0 aromatic heterocycles. The molecule has 8 nitrogen and oxygen atoms in total. The van der Waals surface area contributed by atoms with Crippen molar-refractivity contribution >= 4 is 17.6 Å². The van der Waals surface area contributed by atoms with Gasteiger partial charge in [0.05, 0.1) is 16.6 Å². The molecule has 20 heavy (non-hydrogen) atoms. The third kappa shape index (κ3) is 4.23. The van der Waals surface area contributed by atoms with Gasteiger partial charge >= 0.3 is 17.6 Å². The minimum absolute atomic E-state index is 0.178. The highest BCUT2D eigenvalue weighted by molar-refractivity contribution is 5.88. The maximum Gasteiger partial charge on any atom is 0.344 e. The Hall–Kier alpha value is -2.64. The molecule has 0 aliphatic heterocycles. The van der Waals surface area contributed by atoms with Crippen molar-refractivity contribution in [3.05, 3.63) is 33.9 Å². The van der Waals surface area contributed by atoms with Crippen LogP contribution in [0.2, 0.25) is 0 Å². The van der Waals surface area contributed by atoms with Gasteiger partial charge in [0.15, 0.2) is 12.4 Å². The number of esters is 1. The molecule has 1 aromatic carbocycles. The number of benzene rings is 1. The molecule has 0 fully saturated rings. The lowest BCUT2D eigenvalue weighted by atomic mass is 10.2. The Balaban J connectivity index is 2.90. The summed E-state index contributed by atoms with van der Waals surface area (Å²) < 4.78 is 9.77. The van der Waals surface area contributed by atoms with Gasteiger partial charge in [-0.25, -0.2) is 9.59 Å². The smallest absolute Gasteiger partial charge is 0.344 e. The second-order valence-corrected chi connectivity index (χ2v) is 4.07. The topological polar surface area (TPSA) is 116 Å². The van der Waals surface area contributed by atoms with Gasteiger partial charge in [-0.05, 0) is 19.9 Å². The maximum absolute atomic E-state index is 11.3. The Morgan fingerprint density at radius 3 is 2.55 bits per heavy atom. The number of carbonyl (C=O) groups is 2. The molecule has 0 aliphatic rings. The molecule has 0 unspecified atom stereocenters. The van der Waals surface area contributed by atoms with Gasteiger partial charge in [0.1, 0.15) is 0 Å². The number of hydrogen-bond donors (Lipinski definition) is 1. The van der Waals surface area contributed by atoms with Crippen molar-refractivity contribution in [1.82, 2.24) is 0 Å². The monoisotopic (exact) mass is 283 g/mol. The van der Waals surface area contributed by atoms with E-state index in [2.05, 4.69) is 0 Å². The normalized spacial score (nSPS) is 10.2. The average molecular weight is 283 g/mol. The Kier molecular flexibility index (Phi) is 5.01. The highest BCUT2D eigenvalue weighted by Gasteiger charge is 2.19. The molecule has 0 heterocycles. The quantitative estimate of drug-likeness (QED) is 0.479. The Morgan fingerprint density at radius 2 is 2.05 bits per heavy atom. The van der Waals surface area contributed by atoms with Gasteiger partial charge in [0, 0.05) is 12.1 Å². The Labute approximate surface area is 114 Å². The van der Waals surface area contributed by atoms with Gasteiger partial charge in [-0.2, -0.15) is 0 Å². The summed E-state index contributed by atoms with van der Waals surface area (Å²) in [6, 6.07) is 3.08. The van der Waals surface area contributed by atoms with Crippen LogP contribution in [0.25, 0.3) is 0 Å². The largest absolute Gasteiger partial charge is 0.478 e. The second kappa shape index (κ2) is 6.50. The number of hydrogen-bond acceptors (Lipinski definition) is 6. The van der Waals surface area contributed by atoms with E-state index >= 15 is 0 Å². The lowest BCUT2D eigenvalue weighted by Gasteiger charge is -2.09. The minimum Gasteiger partial charge on any atom is -0.478 e. The van der Waals surface area contributed by atoms with Gasteiger partial charge in [-0.3, -0.25) is 10.1 Å².